The lowest BCUT2D eigenvalue weighted by Gasteiger charge is -2.21. The highest BCUT2D eigenvalue weighted by molar-refractivity contribution is 5.10. The van der Waals surface area contributed by atoms with E-state index < -0.39 is 0 Å². The molecule has 1 heteroatoms. The van der Waals surface area contributed by atoms with Crippen LogP contribution in [0.15, 0.2) is 36.5 Å². The SMILES string of the molecule is C\C=C/C=C\C=C\COC1CCCCC1. The maximum absolute atomic E-state index is 5.75. The summed E-state index contributed by atoms with van der Waals surface area (Å²) in [6.07, 6.45) is 19.3. The lowest BCUT2D eigenvalue weighted by molar-refractivity contribution is 0.0466. The molecule has 0 aromatic rings. The van der Waals surface area contributed by atoms with Gasteiger partial charge in [0.2, 0.25) is 0 Å². The lowest BCUT2D eigenvalue weighted by atomic mass is 9.98. The maximum Gasteiger partial charge on any atom is 0.0654 e. The highest BCUT2D eigenvalue weighted by Gasteiger charge is 2.12. The van der Waals surface area contributed by atoms with Crippen LogP contribution < -0.4 is 0 Å². The normalized spacial score (nSPS) is 19.8. The third kappa shape index (κ3) is 6.29. The molecule has 15 heavy (non-hydrogen) atoms. The van der Waals surface area contributed by atoms with Gasteiger partial charge in [-0.1, -0.05) is 55.7 Å². The number of hydrogen-bond acceptors (Lipinski definition) is 1. The standard InChI is InChI=1S/C14H22O/c1-2-3-4-5-6-10-13-15-14-11-8-7-9-12-14/h2-6,10,14H,7-9,11-13H2,1H3/b3-2-,5-4-,10-6+. The molecule has 0 spiro atoms. The summed E-state index contributed by atoms with van der Waals surface area (Å²) >= 11 is 0. The minimum Gasteiger partial charge on any atom is -0.374 e. The predicted molar refractivity (Wildman–Crippen MR) is 65.9 cm³/mol. The van der Waals surface area contributed by atoms with Crippen LogP contribution >= 0.6 is 0 Å². The summed E-state index contributed by atoms with van der Waals surface area (Å²) in [5.41, 5.74) is 0. The molecule has 0 amide bonds. The molecule has 1 aliphatic rings. The van der Waals surface area contributed by atoms with Gasteiger partial charge in [-0.05, 0) is 19.8 Å². The average Bonchev–Trinajstić information content (AvgIpc) is 2.29. The van der Waals surface area contributed by atoms with Gasteiger partial charge in [0.25, 0.3) is 0 Å². The Kier molecular flexibility index (Phi) is 6.93. The largest absolute Gasteiger partial charge is 0.374 e. The van der Waals surface area contributed by atoms with E-state index in [1.807, 2.05) is 37.3 Å². The summed E-state index contributed by atoms with van der Waals surface area (Å²) in [6, 6.07) is 0. The van der Waals surface area contributed by atoms with Crippen LogP contribution in [-0.2, 0) is 4.74 Å². The van der Waals surface area contributed by atoms with Gasteiger partial charge in [-0.25, -0.2) is 0 Å². The van der Waals surface area contributed by atoms with Crippen LogP contribution in [0, 0.1) is 0 Å². The predicted octanol–water partition coefficient (Wildman–Crippen LogP) is 4.02. The van der Waals surface area contributed by atoms with E-state index in [9.17, 15) is 0 Å². The van der Waals surface area contributed by atoms with Gasteiger partial charge in [0.15, 0.2) is 0 Å². The third-order valence-electron chi connectivity index (χ3n) is 2.64. The van der Waals surface area contributed by atoms with E-state index >= 15 is 0 Å². The van der Waals surface area contributed by atoms with Gasteiger partial charge < -0.3 is 4.74 Å². The van der Waals surface area contributed by atoms with Gasteiger partial charge in [-0.3, -0.25) is 0 Å². The molecule has 0 bridgehead atoms. The summed E-state index contributed by atoms with van der Waals surface area (Å²) in [5.74, 6) is 0. The molecule has 0 heterocycles. The Morgan fingerprint density at radius 3 is 2.47 bits per heavy atom. The van der Waals surface area contributed by atoms with E-state index in [-0.39, 0.29) is 0 Å². The van der Waals surface area contributed by atoms with Crippen molar-refractivity contribution in [2.45, 2.75) is 45.1 Å². The minimum absolute atomic E-state index is 0.517. The highest BCUT2D eigenvalue weighted by Crippen LogP contribution is 2.19. The van der Waals surface area contributed by atoms with Gasteiger partial charge in [0.05, 0.1) is 12.7 Å². The molecule has 1 rings (SSSR count). The van der Waals surface area contributed by atoms with Crippen molar-refractivity contribution in [3.8, 4) is 0 Å². The first-order valence-corrected chi connectivity index (χ1v) is 5.99. The Balaban J connectivity index is 2.04. The summed E-state index contributed by atoms with van der Waals surface area (Å²) in [4.78, 5) is 0. The van der Waals surface area contributed by atoms with Crippen LogP contribution in [0.2, 0.25) is 0 Å². The fourth-order valence-corrected chi connectivity index (χ4v) is 1.80. The lowest BCUT2D eigenvalue weighted by Crippen LogP contribution is -2.16. The number of hydrogen-bond donors (Lipinski definition) is 0. The van der Waals surface area contributed by atoms with Crippen LogP contribution in [0.4, 0.5) is 0 Å². The third-order valence-corrected chi connectivity index (χ3v) is 2.64. The van der Waals surface area contributed by atoms with E-state index in [1.54, 1.807) is 0 Å². The molecule has 1 aliphatic carbocycles. The Bertz CT molecular complexity index is 219. The van der Waals surface area contributed by atoms with Gasteiger partial charge in [-0.15, -0.1) is 0 Å². The van der Waals surface area contributed by atoms with Crippen molar-refractivity contribution < 1.29 is 4.74 Å². The van der Waals surface area contributed by atoms with Crippen LogP contribution in [-0.4, -0.2) is 12.7 Å². The molecule has 1 fully saturated rings. The van der Waals surface area contributed by atoms with E-state index in [0.29, 0.717) is 6.10 Å². The van der Waals surface area contributed by atoms with Crippen molar-refractivity contribution in [2.24, 2.45) is 0 Å². The summed E-state index contributed by atoms with van der Waals surface area (Å²) in [7, 11) is 0. The van der Waals surface area contributed by atoms with Crippen LogP contribution in [0.3, 0.4) is 0 Å². The molecular weight excluding hydrogens is 184 g/mol. The molecule has 0 aromatic heterocycles. The Hall–Kier alpha value is -0.820. The number of ether oxygens (including phenoxy) is 1. The minimum atomic E-state index is 0.517. The van der Waals surface area contributed by atoms with Crippen molar-refractivity contribution >= 4 is 0 Å². The van der Waals surface area contributed by atoms with Crippen molar-refractivity contribution in [1.82, 2.24) is 0 Å². The Morgan fingerprint density at radius 1 is 1.00 bits per heavy atom. The smallest absolute Gasteiger partial charge is 0.0654 e. The quantitative estimate of drug-likeness (QED) is 0.617. The van der Waals surface area contributed by atoms with E-state index in [4.69, 9.17) is 4.74 Å². The first-order chi connectivity index (χ1) is 7.43. The highest BCUT2D eigenvalue weighted by atomic mass is 16.5. The molecular formula is C14H22O. The molecule has 0 aromatic carbocycles. The van der Waals surface area contributed by atoms with E-state index in [1.165, 1.54) is 32.1 Å². The first-order valence-electron chi connectivity index (χ1n) is 5.99. The van der Waals surface area contributed by atoms with Gasteiger partial charge in [0.1, 0.15) is 0 Å². The zero-order valence-electron chi connectivity index (χ0n) is 9.69. The van der Waals surface area contributed by atoms with Crippen molar-refractivity contribution in [3.05, 3.63) is 36.5 Å². The fraction of sp³-hybridized carbons (Fsp3) is 0.571. The van der Waals surface area contributed by atoms with Crippen molar-refractivity contribution in [2.75, 3.05) is 6.61 Å². The zero-order chi connectivity index (χ0) is 10.8. The second kappa shape index (κ2) is 8.49. The zero-order valence-corrected chi connectivity index (χ0v) is 9.69. The monoisotopic (exact) mass is 206 g/mol. The Labute approximate surface area is 93.5 Å². The van der Waals surface area contributed by atoms with E-state index in [2.05, 4.69) is 6.08 Å². The Morgan fingerprint density at radius 2 is 1.73 bits per heavy atom. The molecule has 0 saturated heterocycles. The van der Waals surface area contributed by atoms with E-state index in [0.717, 1.165) is 6.61 Å². The summed E-state index contributed by atoms with van der Waals surface area (Å²) in [6.45, 7) is 2.77. The molecule has 84 valence electrons. The molecule has 0 unspecified atom stereocenters. The van der Waals surface area contributed by atoms with Crippen LogP contribution in [0.5, 0.6) is 0 Å². The second-order valence-electron chi connectivity index (χ2n) is 3.93. The molecule has 1 saturated carbocycles. The maximum atomic E-state index is 5.75. The number of rotatable bonds is 5. The molecule has 1 nitrogen and oxygen atoms in total. The van der Waals surface area contributed by atoms with Crippen molar-refractivity contribution in [1.29, 1.82) is 0 Å². The van der Waals surface area contributed by atoms with Gasteiger partial charge in [-0.2, -0.15) is 0 Å². The summed E-state index contributed by atoms with van der Waals surface area (Å²) in [5, 5.41) is 0. The molecule has 0 N–H and O–H groups in total. The summed E-state index contributed by atoms with van der Waals surface area (Å²) < 4.78 is 5.75. The van der Waals surface area contributed by atoms with Crippen molar-refractivity contribution in [3.63, 3.8) is 0 Å². The molecule has 0 radical (unpaired) electrons. The van der Waals surface area contributed by atoms with Crippen LogP contribution in [0.1, 0.15) is 39.0 Å². The topological polar surface area (TPSA) is 9.23 Å². The fourth-order valence-electron chi connectivity index (χ4n) is 1.80. The second-order valence-corrected chi connectivity index (χ2v) is 3.93. The van der Waals surface area contributed by atoms with Gasteiger partial charge in [0, 0.05) is 0 Å². The van der Waals surface area contributed by atoms with Gasteiger partial charge >= 0.3 is 0 Å². The van der Waals surface area contributed by atoms with Crippen LogP contribution in [0.25, 0.3) is 0 Å². The first kappa shape index (κ1) is 12.3. The molecule has 0 aliphatic heterocycles. The molecule has 0 atom stereocenters. The average molecular weight is 206 g/mol. The number of allylic oxidation sites excluding steroid dienone is 5.